The van der Waals surface area contributed by atoms with Crippen LogP contribution in [0.15, 0.2) is 48.5 Å². The van der Waals surface area contributed by atoms with E-state index in [2.05, 4.69) is 10.2 Å². The van der Waals surface area contributed by atoms with Crippen LogP contribution in [-0.4, -0.2) is 61.6 Å². The number of anilines is 1. The summed E-state index contributed by atoms with van der Waals surface area (Å²) in [6.45, 7) is 4.74. The number of ether oxygens (including phenoxy) is 1. The molecule has 0 spiro atoms. The molecule has 0 bridgehead atoms. The van der Waals surface area contributed by atoms with E-state index in [-0.39, 0.29) is 18.1 Å². The van der Waals surface area contributed by atoms with Crippen LogP contribution in [0.25, 0.3) is 0 Å². The highest BCUT2D eigenvalue weighted by atomic mass is 19.1. The highest BCUT2D eigenvalue weighted by molar-refractivity contribution is 5.92. The number of piperazine rings is 1. The summed E-state index contributed by atoms with van der Waals surface area (Å²) in [5, 5.41) is 2.43. The topological polar surface area (TPSA) is 44.8 Å². The molecule has 0 radical (unpaired) electrons. The summed E-state index contributed by atoms with van der Waals surface area (Å²) < 4.78 is 32.5. The number of halogens is 2. The number of benzene rings is 2. The summed E-state index contributed by atoms with van der Waals surface area (Å²) in [7, 11) is 0. The molecule has 2 aromatic carbocycles. The van der Waals surface area contributed by atoms with Gasteiger partial charge in [-0.05, 0) is 24.3 Å². The summed E-state index contributed by atoms with van der Waals surface area (Å²) >= 11 is 0. The average molecular weight is 375 g/mol. The molecule has 5 nitrogen and oxygen atoms in total. The van der Waals surface area contributed by atoms with Crippen molar-refractivity contribution in [2.45, 2.75) is 0 Å². The highest BCUT2D eigenvalue weighted by Gasteiger charge is 2.19. The minimum absolute atomic E-state index is 0.128. The van der Waals surface area contributed by atoms with Gasteiger partial charge in [0.1, 0.15) is 24.0 Å². The summed E-state index contributed by atoms with van der Waals surface area (Å²) in [5.41, 5.74) is -0.128. The predicted octanol–water partition coefficient (Wildman–Crippen LogP) is 2.60. The van der Waals surface area contributed by atoms with Crippen molar-refractivity contribution in [3.63, 3.8) is 0 Å². The van der Waals surface area contributed by atoms with Gasteiger partial charge in [0, 0.05) is 38.8 Å². The molecule has 1 N–H and O–H groups in total. The van der Waals surface area contributed by atoms with Gasteiger partial charge in [0.2, 0.25) is 5.91 Å². The molecule has 0 atom stereocenters. The van der Waals surface area contributed by atoms with Crippen LogP contribution in [-0.2, 0) is 4.79 Å². The van der Waals surface area contributed by atoms with Crippen molar-refractivity contribution in [1.29, 1.82) is 0 Å². The maximum atomic E-state index is 13.6. The van der Waals surface area contributed by atoms with Gasteiger partial charge >= 0.3 is 0 Å². The zero-order valence-corrected chi connectivity index (χ0v) is 15.0. The smallest absolute Gasteiger partial charge is 0.238 e. The van der Waals surface area contributed by atoms with Crippen LogP contribution in [0.4, 0.5) is 14.5 Å². The molecule has 0 saturated carbocycles. The second-order valence-electron chi connectivity index (χ2n) is 6.45. The highest BCUT2D eigenvalue weighted by Crippen LogP contribution is 2.15. The summed E-state index contributed by atoms with van der Waals surface area (Å²) in [4.78, 5) is 16.4. The van der Waals surface area contributed by atoms with Crippen molar-refractivity contribution < 1.29 is 18.3 Å². The summed E-state index contributed by atoms with van der Waals surface area (Å²) in [6, 6.07) is 12.7. The van der Waals surface area contributed by atoms with E-state index in [0.29, 0.717) is 6.61 Å². The Bertz CT molecular complexity index is 750. The van der Waals surface area contributed by atoms with Gasteiger partial charge in [0.15, 0.2) is 0 Å². The Balaban J connectivity index is 1.36. The predicted molar refractivity (Wildman–Crippen MR) is 99.8 cm³/mol. The number of hydrogen-bond acceptors (Lipinski definition) is 4. The Morgan fingerprint density at radius 1 is 1.00 bits per heavy atom. The monoisotopic (exact) mass is 375 g/mol. The molecule has 2 aromatic rings. The van der Waals surface area contributed by atoms with Gasteiger partial charge in [-0.15, -0.1) is 0 Å². The third-order valence-electron chi connectivity index (χ3n) is 4.45. The van der Waals surface area contributed by atoms with Crippen LogP contribution >= 0.6 is 0 Å². The first-order valence-corrected chi connectivity index (χ1v) is 8.97. The largest absolute Gasteiger partial charge is 0.492 e. The summed E-state index contributed by atoms with van der Waals surface area (Å²) in [6.07, 6.45) is 0. The average Bonchev–Trinajstić information content (AvgIpc) is 2.67. The molecule has 27 heavy (non-hydrogen) atoms. The Morgan fingerprint density at radius 2 is 1.70 bits per heavy atom. The Hall–Kier alpha value is -2.51. The molecule has 0 unspecified atom stereocenters. The molecule has 1 heterocycles. The first kappa shape index (κ1) is 19.3. The normalized spacial score (nSPS) is 15.5. The molecule has 3 rings (SSSR count). The van der Waals surface area contributed by atoms with Crippen LogP contribution in [0, 0.1) is 11.6 Å². The molecule has 1 saturated heterocycles. The van der Waals surface area contributed by atoms with Crippen molar-refractivity contribution in [3.8, 4) is 5.75 Å². The fraction of sp³-hybridized carbons (Fsp3) is 0.350. The Kier molecular flexibility index (Phi) is 6.73. The van der Waals surface area contributed by atoms with Crippen molar-refractivity contribution in [3.05, 3.63) is 60.2 Å². The second kappa shape index (κ2) is 9.43. The van der Waals surface area contributed by atoms with Crippen LogP contribution in [0.5, 0.6) is 5.75 Å². The molecular formula is C20H23F2N3O2. The number of nitrogens with one attached hydrogen (secondary N) is 1. The van der Waals surface area contributed by atoms with E-state index in [4.69, 9.17) is 4.74 Å². The zero-order valence-electron chi connectivity index (χ0n) is 15.0. The van der Waals surface area contributed by atoms with Gasteiger partial charge in [-0.25, -0.2) is 8.78 Å². The van der Waals surface area contributed by atoms with Crippen LogP contribution in [0.1, 0.15) is 0 Å². The number of carbonyl (C=O) groups excluding carboxylic acids is 1. The molecule has 7 heteroatoms. The van der Waals surface area contributed by atoms with Crippen LogP contribution < -0.4 is 10.1 Å². The van der Waals surface area contributed by atoms with Gasteiger partial charge in [-0.3, -0.25) is 14.6 Å². The summed E-state index contributed by atoms with van der Waals surface area (Å²) in [5.74, 6) is -0.719. The van der Waals surface area contributed by atoms with Crippen molar-refractivity contribution >= 4 is 11.6 Å². The van der Waals surface area contributed by atoms with E-state index in [1.54, 1.807) is 0 Å². The van der Waals surface area contributed by atoms with Crippen LogP contribution in [0.3, 0.4) is 0 Å². The number of rotatable bonds is 7. The van der Waals surface area contributed by atoms with Gasteiger partial charge in [0.25, 0.3) is 0 Å². The van der Waals surface area contributed by atoms with Gasteiger partial charge in [-0.1, -0.05) is 18.2 Å². The van der Waals surface area contributed by atoms with Gasteiger partial charge < -0.3 is 10.1 Å². The van der Waals surface area contributed by atoms with Gasteiger partial charge in [0.05, 0.1) is 12.2 Å². The van der Waals surface area contributed by atoms with Gasteiger partial charge in [-0.2, -0.15) is 0 Å². The lowest BCUT2D eigenvalue weighted by atomic mass is 10.2. The number of hydrogen-bond donors (Lipinski definition) is 1. The number of carbonyl (C=O) groups is 1. The number of amides is 1. The lowest BCUT2D eigenvalue weighted by Gasteiger charge is -2.34. The third-order valence-corrected chi connectivity index (χ3v) is 4.45. The Morgan fingerprint density at radius 3 is 2.44 bits per heavy atom. The maximum Gasteiger partial charge on any atom is 0.238 e. The number of para-hydroxylation sites is 1. The quantitative estimate of drug-likeness (QED) is 0.808. The molecule has 144 valence electrons. The maximum absolute atomic E-state index is 13.6. The van der Waals surface area contributed by atoms with E-state index in [1.807, 2.05) is 35.2 Å². The SMILES string of the molecule is O=C(CN1CCN(CCOc2ccccc2)CC1)Nc1cc(F)ccc1F. The zero-order chi connectivity index (χ0) is 19.1. The fourth-order valence-electron chi connectivity index (χ4n) is 2.97. The fourth-order valence-corrected chi connectivity index (χ4v) is 2.97. The molecule has 1 amide bonds. The number of nitrogens with zero attached hydrogens (tertiary/aromatic N) is 2. The first-order valence-electron chi connectivity index (χ1n) is 8.97. The lowest BCUT2D eigenvalue weighted by molar-refractivity contribution is -0.117. The molecule has 1 aliphatic heterocycles. The molecule has 1 aliphatic rings. The van der Waals surface area contributed by atoms with Crippen molar-refractivity contribution in [2.75, 3.05) is 51.2 Å². The molecular weight excluding hydrogens is 352 g/mol. The first-order chi connectivity index (χ1) is 13.1. The lowest BCUT2D eigenvalue weighted by Crippen LogP contribution is -2.49. The molecule has 0 aliphatic carbocycles. The minimum atomic E-state index is -0.645. The van der Waals surface area contributed by atoms with E-state index in [0.717, 1.165) is 56.7 Å². The second-order valence-corrected chi connectivity index (χ2v) is 6.45. The Labute approximate surface area is 157 Å². The van der Waals surface area contributed by atoms with E-state index in [1.165, 1.54) is 0 Å². The standard InChI is InChI=1S/C20H23F2N3O2/c21-16-6-7-18(22)19(14-16)23-20(26)15-25-10-8-24(9-11-25)12-13-27-17-4-2-1-3-5-17/h1-7,14H,8-13,15H2,(H,23,26). The van der Waals surface area contributed by atoms with E-state index in [9.17, 15) is 13.6 Å². The molecule has 0 aromatic heterocycles. The third kappa shape index (κ3) is 6.01. The van der Waals surface area contributed by atoms with E-state index < -0.39 is 11.6 Å². The van der Waals surface area contributed by atoms with E-state index >= 15 is 0 Å². The molecule has 1 fully saturated rings. The minimum Gasteiger partial charge on any atom is -0.492 e. The van der Waals surface area contributed by atoms with Crippen molar-refractivity contribution in [2.24, 2.45) is 0 Å². The van der Waals surface area contributed by atoms with Crippen LogP contribution in [0.2, 0.25) is 0 Å². The van der Waals surface area contributed by atoms with Crippen molar-refractivity contribution in [1.82, 2.24) is 9.80 Å².